The first-order valence-electron chi connectivity index (χ1n) is 9.83. The Morgan fingerprint density at radius 3 is 2.78 bits per heavy atom. The van der Waals surface area contributed by atoms with Crippen molar-refractivity contribution in [1.29, 1.82) is 0 Å². The van der Waals surface area contributed by atoms with Crippen molar-refractivity contribution in [1.82, 2.24) is 30.0 Å². The van der Waals surface area contributed by atoms with Gasteiger partial charge in [0.05, 0.1) is 16.1 Å². The summed E-state index contributed by atoms with van der Waals surface area (Å²) in [6, 6.07) is 4.74. The number of fused-ring (bicyclic) bond motifs is 1. The molecule has 0 saturated carbocycles. The molecule has 1 aromatic carbocycles. The number of aromatic nitrogens is 6. The van der Waals surface area contributed by atoms with Crippen LogP contribution < -0.4 is 10.3 Å². The predicted molar refractivity (Wildman–Crippen MR) is 116 cm³/mol. The van der Waals surface area contributed by atoms with E-state index < -0.39 is 0 Å². The number of aromatic amines is 1. The summed E-state index contributed by atoms with van der Waals surface area (Å²) in [4.78, 5) is 29.0. The zero-order valence-corrected chi connectivity index (χ0v) is 18.0. The van der Waals surface area contributed by atoms with Gasteiger partial charge in [0, 0.05) is 18.0 Å². The molecule has 164 valence electrons. The quantitative estimate of drug-likeness (QED) is 0.407. The number of phenols is 1. The molecule has 0 aliphatic carbocycles. The van der Waals surface area contributed by atoms with Crippen LogP contribution in [0.15, 0.2) is 35.4 Å². The molecule has 32 heavy (non-hydrogen) atoms. The standard InChI is InChI=1S/C21H19ClN6O4/c1-3-4-13-17(6-5-12(11(2)29)18(13)30)32-10-15-16(22)7-8-28-20(15)23-9-14(21(28)31)19-24-26-27-25-19/h5-9,30H,3-4,10H2,1-2H3,(H,24,25,26,27). The molecule has 0 unspecified atom stereocenters. The number of tetrazole rings is 1. The third-order valence-corrected chi connectivity index (χ3v) is 5.35. The lowest BCUT2D eigenvalue weighted by Gasteiger charge is -2.16. The summed E-state index contributed by atoms with van der Waals surface area (Å²) < 4.78 is 7.30. The van der Waals surface area contributed by atoms with Crippen molar-refractivity contribution in [2.75, 3.05) is 0 Å². The van der Waals surface area contributed by atoms with E-state index in [1.807, 2.05) is 6.92 Å². The van der Waals surface area contributed by atoms with Crippen LogP contribution in [0.2, 0.25) is 5.02 Å². The lowest BCUT2D eigenvalue weighted by Crippen LogP contribution is -2.19. The van der Waals surface area contributed by atoms with Gasteiger partial charge < -0.3 is 9.84 Å². The second kappa shape index (κ2) is 8.75. The number of pyridine rings is 1. The molecule has 0 bridgehead atoms. The highest BCUT2D eigenvalue weighted by atomic mass is 35.5. The zero-order valence-electron chi connectivity index (χ0n) is 17.3. The highest BCUT2D eigenvalue weighted by Gasteiger charge is 2.18. The molecule has 10 nitrogen and oxygen atoms in total. The number of carbonyl (C=O) groups excluding carboxylic acids is 1. The molecule has 0 spiro atoms. The number of nitrogens with one attached hydrogen (secondary N) is 1. The molecule has 3 heterocycles. The van der Waals surface area contributed by atoms with Gasteiger partial charge in [0.1, 0.15) is 29.3 Å². The van der Waals surface area contributed by atoms with E-state index in [0.29, 0.717) is 34.0 Å². The van der Waals surface area contributed by atoms with E-state index in [0.717, 1.165) is 6.42 Å². The number of carbonyl (C=O) groups is 1. The smallest absolute Gasteiger partial charge is 0.269 e. The lowest BCUT2D eigenvalue weighted by atomic mass is 10.0. The molecule has 0 aliphatic heterocycles. The van der Waals surface area contributed by atoms with Crippen molar-refractivity contribution in [2.45, 2.75) is 33.3 Å². The number of ether oxygens (including phenoxy) is 1. The van der Waals surface area contributed by atoms with Crippen molar-refractivity contribution in [3.8, 4) is 22.9 Å². The molecule has 0 amide bonds. The topological polar surface area (TPSA) is 135 Å². The normalized spacial score (nSPS) is 11.1. The molecule has 0 atom stereocenters. The first-order chi connectivity index (χ1) is 15.4. The van der Waals surface area contributed by atoms with Crippen molar-refractivity contribution >= 4 is 23.0 Å². The van der Waals surface area contributed by atoms with E-state index in [1.165, 1.54) is 29.8 Å². The van der Waals surface area contributed by atoms with Crippen LogP contribution in [0, 0.1) is 0 Å². The van der Waals surface area contributed by atoms with Gasteiger partial charge in [-0.2, -0.15) is 5.21 Å². The molecule has 11 heteroatoms. The monoisotopic (exact) mass is 454 g/mol. The Balaban J connectivity index is 1.73. The van der Waals surface area contributed by atoms with E-state index in [4.69, 9.17) is 16.3 Å². The number of aromatic hydroxyl groups is 1. The Hall–Kier alpha value is -3.79. The molecule has 0 fully saturated rings. The predicted octanol–water partition coefficient (Wildman–Crippen LogP) is 2.97. The molecular weight excluding hydrogens is 436 g/mol. The Kier molecular flexibility index (Phi) is 5.87. The number of phenolic OH excluding ortho intramolecular Hbond substituents is 1. The van der Waals surface area contributed by atoms with Crippen LogP contribution in [0.4, 0.5) is 0 Å². The van der Waals surface area contributed by atoms with Crippen LogP contribution in [0.3, 0.4) is 0 Å². The Bertz CT molecular complexity index is 1370. The Labute approximate surface area is 186 Å². The van der Waals surface area contributed by atoms with Crippen LogP contribution in [-0.2, 0) is 13.0 Å². The average molecular weight is 455 g/mol. The van der Waals surface area contributed by atoms with Gasteiger partial charge in [0.15, 0.2) is 5.78 Å². The third-order valence-electron chi connectivity index (χ3n) is 5.00. The molecule has 0 aliphatic rings. The molecule has 0 saturated heterocycles. The number of rotatable bonds is 7. The van der Waals surface area contributed by atoms with Crippen LogP contribution >= 0.6 is 11.6 Å². The number of hydrogen-bond donors (Lipinski definition) is 2. The maximum Gasteiger partial charge on any atom is 0.269 e. The minimum Gasteiger partial charge on any atom is -0.507 e. The van der Waals surface area contributed by atoms with Crippen molar-refractivity contribution in [3.63, 3.8) is 0 Å². The number of halogens is 1. The number of benzene rings is 1. The SMILES string of the molecule is CCCc1c(OCc2c(Cl)ccn3c(=O)c(-c4nn[nH]n4)cnc23)ccc(C(C)=O)c1O. The summed E-state index contributed by atoms with van der Waals surface area (Å²) in [6.45, 7) is 3.35. The number of Topliss-reactive ketones (excluding diaryl/α,β-unsaturated/α-hetero) is 1. The fraction of sp³-hybridized carbons (Fsp3) is 0.238. The molecular formula is C21H19ClN6O4. The van der Waals surface area contributed by atoms with Gasteiger partial charge in [0.25, 0.3) is 5.56 Å². The van der Waals surface area contributed by atoms with Crippen LogP contribution in [0.1, 0.15) is 41.8 Å². The van der Waals surface area contributed by atoms with Gasteiger partial charge >= 0.3 is 0 Å². The summed E-state index contributed by atoms with van der Waals surface area (Å²) >= 11 is 6.39. The van der Waals surface area contributed by atoms with Gasteiger partial charge in [-0.1, -0.05) is 24.9 Å². The fourth-order valence-electron chi connectivity index (χ4n) is 3.42. The first-order valence-corrected chi connectivity index (χ1v) is 10.2. The minimum atomic E-state index is -0.385. The first kappa shape index (κ1) is 21.4. The third kappa shape index (κ3) is 3.80. The van der Waals surface area contributed by atoms with Crippen molar-refractivity contribution < 1.29 is 14.6 Å². The number of ketones is 1. The van der Waals surface area contributed by atoms with E-state index in [-0.39, 0.29) is 40.7 Å². The van der Waals surface area contributed by atoms with Crippen molar-refractivity contribution in [2.24, 2.45) is 0 Å². The lowest BCUT2D eigenvalue weighted by molar-refractivity contribution is 0.101. The maximum atomic E-state index is 12.9. The molecule has 0 radical (unpaired) electrons. The highest BCUT2D eigenvalue weighted by molar-refractivity contribution is 6.31. The van der Waals surface area contributed by atoms with Crippen molar-refractivity contribution in [3.05, 3.63) is 62.7 Å². The van der Waals surface area contributed by atoms with Gasteiger partial charge in [0.2, 0.25) is 5.82 Å². The largest absolute Gasteiger partial charge is 0.507 e. The van der Waals surface area contributed by atoms with E-state index in [1.54, 1.807) is 12.1 Å². The number of hydrogen-bond acceptors (Lipinski definition) is 8. The number of nitrogens with zero attached hydrogens (tertiary/aromatic N) is 5. The summed E-state index contributed by atoms with van der Waals surface area (Å²) in [7, 11) is 0. The minimum absolute atomic E-state index is 0.00720. The summed E-state index contributed by atoms with van der Waals surface area (Å²) in [5, 5.41) is 24.3. The molecule has 3 aromatic heterocycles. The van der Waals surface area contributed by atoms with Gasteiger partial charge in [-0.15, -0.1) is 10.2 Å². The average Bonchev–Trinajstić information content (AvgIpc) is 3.29. The van der Waals surface area contributed by atoms with E-state index in [9.17, 15) is 14.7 Å². The van der Waals surface area contributed by atoms with Crippen LogP contribution in [0.5, 0.6) is 11.5 Å². The van der Waals surface area contributed by atoms with Gasteiger partial charge in [-0.3, -0.25) is 14.0 Å². The van der Waals surface area contributed by atoms with Crippen LogP contribution in [0.25, 0.3) is 17.0 Å². The summed E-state index contributed by atoms with van der Waals surface area (Å²) in [5.74, 6) is 0.248. The molecule has 2 N–H and O–H groups in total. The van der Waals surface area contributed by atoms with E-state index in [2.05, 4.69) is 25.6 Å². The Morgan fingerprint density at radius 2 is 2.09 bits per heavy atom. The fourth-order valence-corrected chi connectivity index (χ4v) is 3.61. The molecule has 4 aromatic rings. The summed E-state index contributed by atoms with van der Waals surface area (Å²) in [5.41, 5.74) is 1.39. The van der Waals surface area contributed by atoms with Gasteiger partial charge in [-0.25, -0.2) is 4.98 Å². The highest BCUT2D eigenvalue weighted by Crippen LogP contribution is 2.34. The number of H-pyrrole nitrogens is 1. The maximum absolute atomic E-state index is 12.9. The zero-order chi connectivity index (χ0) is 22.8. The summed E-state index contributed by atoms with van der Waals surface area (Å²) in [6.07, 6.45) is 4.14. The Morgan fingerprint density at radius 1 is 1.28 bits per heavy atom. The second-order valence-corrected chi connectivity index (χ2v) is 7.49. The van der Waals surface area contributed by atoms with Crippen LogP contribution in [-0.4, -0.2) is 40.9 Å². The second-order valence-electron chi connectivity index (χ2n) is 7.08. The van der Waals surface area contributed by atoms with E-state index >= 15 is 0 Å². The molecule has 4 rings (SSSR count). The van der Waals surface area contributed by atoms with Gasteiger partial charge in [-0.05, 0) is 36.8 Å².